The number of carbonyl (C=O) groups excluding carboxylic acids is 3. The van der Waals surface area contributed by atoms with E-state index in [0.717, 1.165) is 35.4 Å². The second kappa shape index (κ2) is 8.92. The van der Waals surface area contributed by atoms with Gasteiger partial charge in [0.2, 0.25) is 5.91 Å². The molecule has 3 unspecified atom stereocenters. The summed E-state index contributed by atoms with van der Waals surface area (Å²) in [4.78, 5) is 38.2. The number of hydrogen-bond donors (Lipinski definition) is 2. The smallest absolute Gasteiger partial charge is 0.308 e. The van der Waals surface area contributed by atoms with Gasteiger partial charge in [0.05, 0.1) is 23.4 Å². The van der Waals surface area contributed by atoms with Gasteiger partial charge in [-0.1, -0.05) is 36.4 Å². The highest BCUT2D eigenvalue weighted by molar-refractivity contribution is 8.01. The molecule has 4 rings (SSSR count). The van der Waals surface area contributed by atoms with Crippen LogP contribution in [0, 0.1) is 0 Å². The number of carbonyl (C=O) groups is 3. The molecular formula is C23H24N2O4S. The lowest BCUT2D eigenvalue weighted by molar-refractivity contribution is -0.155. The summed E-state index contributed by atoms with van der Waals surface area (Å²) in [5, 5.41) is 5.24. The fourth-order valence-electron chi connectivity index (χ4n) is 3.87. The van der Waals surface area contributed by atoms with Crippen LogP contribution in [0.5, 0.6) is 0 Å². The van der Waals surface area contributed by atoms with Gasteiger partial charge in [0.25, 0.3) is 5.91 Å². The van der Waals surface area contributed by atoms with Crippen molar-refractivity contribution in [2.24, 2.45) is 0 Å². The minimum absolute atomic E-state index is 0.0696. The maximum atomic E-state index is 12.6. The highest BCUT2D eigenvalue weighted by Gasteiger charge is 2.31. The van der Waals surface area contributed by atoms with Crippen molar-refractivity contribution in [1.29, 1.82) is 0 Å². The van der Waals surface area contributed by atoms with E-state index < -0.39 is 17.3 Å². The minimum Gasteiger partial charge on any atom is -0.453 e. The Morgan fingerprint density at radius 1 is 1.20 bits per heavy atom. The zero-order valence-electron chi connectivity index (χ0n) is 16.7. The second-order valence-corrected chi connectivity index (χ2v) is 8.82. The van der Waals surface area contributed by atoms with Crippen molar-refractivity contribution in [1.82, 2.24) is 5.32 Å². The SMILES string of the molecule is CC(OC(=O)CC1Sc2ccccc2NC1=O)C(=O)NC1CCCc2ccccc21. The van der Waals surface area contributed by atoms with Gasteiger partial charge in [0.15, 0.2) is 6.10 Å². The van der Waals surface area contributed by atoms with E-state index in [0.29, 0.717) is 0 Å². The number of hydrogen-bond acceptors (Lipinski definition) is 5. The molecule has 6 nitrogen and oxygen atoms in total. The lowest BCUT2D eigenvalue weighted by Gasteiger charge is -2.27. The number of rotatable bonds is 5. The fourth-order valence-corrected chi connectivity index (χ4v) is 4.97. The molecule has 2 aromatic rings. The lowest BCUT2D eigenvalue weighted by atomic mass is 9.87. The average Bonchev–Trinajstić information content (AvgIpc) is 2.74. The van der Waals surface area contributed by atoms with E-state index in [1.54, 1.807) is 6.92 Å². The zero-order valence-corrected chi connectivity index (χ0v) is 17.5. The van der Waals surface area contributed by atoms with Crippen LogP contribution in [0.4, 0.5) is 5.69 Å². The third kappa shape index (κ3) is 4.51. The average molecular weight is 425 g/mol. The molecule has 0 radical (unpaired) electrons. The Bertz CT molecular complexity index is 977. The summed E-state index contributed by atoms with van der Waals surface area (Å²) >= 11 is 1.34. The normalized spacial score (nSPS) is 20.9. The van der Waals surface area contributed by atoms with Gasteiger partial charge in [-0.2, -0.15) is 0 Å². The van der Waals surface area contributed by atoms with E-state index in [-0.39, 0.29) is 24.3 Å². The van der Waals surface area contributed by atoms with E-state index in [1.165, 1.54) is 17.3 Å². The number of fused-ring (bicyclic) bond motifs is 2. The first kappa shape index (κ1) is 20.5. The van der Waals surface area contributed by atoms with Crippen molar-refractivity contribution < 1.29 is 19.1 Å². The molecule has 1 aliphatic carbocycles. The number of anilines is 1. The molecule has 0 saturated heterocycles. The predicted molar refractivity (Wildman–Crippen MR) is 115 cm³/mol. The van der Waals surface area contributed by atoms with Gasteiger partial charge in [-0.15, -0.1) is 11.8 Å². The van der Waals surface area contributed by atoms with Gasteiger partial charge in [0.1, 0.15) is 0 Å². The van der Waals surface area contributed by atoms with Crippen LogP contribution in [0.1, 0.15) is 43.4 Å². The molecule has 2 amide bonds. The molecule has 0 spiro atoms. The summed E-state index contributed by atoms with van der Waals surface area (Å²) in [5.41, 5.74) is 3.13. The number of thioether (sulfide) groups is 1. The molecule has 2 aromatic carbocycles. The predicted octanol–water partition coefficient (Wildman–Crippen LogP) is 3.62. The van der Waals surface area contributed by atoms with Crippen LogP contribution in [0.3, 0.4) is 0 Å². The minimum atomic E-state index is -0.921. The monoisotopic (exact) mass is 424 g/mol. The summed E-state index contributed by atoms with van der Waals surface area (Å²) in [7, 11) is 0. The van der Waals surface area contributed by atoms with Crippen molar-refractivity contribution in [3.63, 3.8) is 0 Å². The van der Waals surface area contributed by atoms with Crippen LogP contribution in [0.2, 0.25) is 0 Å². The zero-order chi connectivity index (χ0) is 21.1. The van der Waals surface area contributed by atoms with Gasteiger partial charge in [-0.25, -0.2) is 0 Å². The maximum Gasteiger partial charge on any atom is 0.308 e. The molecule has 0 bridgehead atoms. The second-order valence-electron chi connectivity index (χ2n) is 7.58. The number of esters is 1. The van der Waals surface area contributed by atoms with Crippen molar-refractivity contribution >= 4 is 35.2 Å². The summed E-state index contributed by atoms with van der Waals surface area (Å²) in [6.45, 7) is 1.56. The standard InChI is InChI=1S/C23H24N2O4S/c1-14(22(27)24-17-11-6-8-15-7-2-3-9-16(15)17)29-21(26)13-20-23(28)25-18-10-4-5-12-19(18)30-20/h2-5,7,9-10,12,14,17,20H,6,8,11,13H2,1H3,(H,24,27)(H,25,28). The number of amides is 2. The Kier molecular flexibility index (Phi) is 6.08. The van der Waals surface area contributed by atoms with E-state index >= 15 is 0 Å². The number of ether oxygens (including phenoxy) is 1. The number of para-hydroxylation sites is 1. The van der Waals surface area contributed by atoms with Crippen LogP contribution in [0.15, 0.2) is 53.4 Å². The van der Waals surface area contributed by atoms with Crippen molar-refractivity contribution in [2.75, 3.05) is 5.32 Å². The molecule has 2 N–H and O–H groups in total. The van der Waals surface area contributed by atoms with Crippen LogP contribution < -0.4 is 10.6 Å². The molecule has 3 atom stereocenters. The number of nitrogens with one attached hydrogen (secondary N) is 2. The molecular weight excluding hydrogens is 400 g/mol. The summed E-state index contributed by atoms with van der Waals surface area (Å²) in [6.07, 6.45) is 1.87. The Balaban J connectivity index is 1.32. The highest BCUT2D eigenvalue weighted by atomic mass is 32.2. The largest absolute Gasteiger partial charge is 0.453 e. The van der Waals surface area contributed by atoms with Crippen molar-refractivity contribution in [2.45, 2.75) is 54.9 Å². The molecule has 0 fully saturated rings. The van der Waals surface area contributed by atoms with E-state index in [1.807, 2.05) is 42.5 Å². The molecule has 0 saturated carbocycles. The van der Waals surface area contributed by atoms with Gasteiger partial charge in [-0.05, 0) is 49.4 Å². The first-order chi connectivity index (χ1) is 14.5. The molecule has 0 aromatic heterocycles. The Hall–Kier alpha value is -2.80. The van der Waals surface area contributed by atoms with Crippen LogP contribution in [-0.2, 0) is 25.5 Å². The van der Waals surface area contributed by atoms with Crippen molar-refractivity contribution in [3.05, 3.63) is 59.7 Å². The molecule has 30 heavy (non-hydrogen) atoms. The number of aryl methyl sites for hydroxylation is 1. The van der Waals surface area contributed by atoms with Crippen LogP contribution in [0.25, 0.3) is 0 Å². The first-order valence-corrected chi connectivity index (χ1v) is 11.0. The summed E-state index contributed by atoms with van der Waals surface area (Å²) in [6, 6.07) is 15.5. The molecule has 156 valence electrons. The van der Waals surface area contributed by atoms with Crippen LogP contribution in [-0.4, -0.2) is 29.1 Å². The van der Waals surface area contributed by atoms with E-state index in [2.05, 4.69) is 16.7 Å². The van der Waals surface area contributed by atoms with Crippen LogP contribution >= 0.6 is 11.8 Å². The topological polar surface area (TPSA) is 84.5 Å². The molecule has 7 heteroatoms. The Morgan fingerprint density at radius 3 is 2.83 bits per heavy atom. The van der Waals surface area contributed by atoms with Gasteiger partial charge < -0.3 is 15.4 Å². The third-order valence-corrected chi connectivity index (χ3v) is 6.70. The number of benzene rings is 2. The van der Waals surface area contributed by atoms with E-state index in [9.17, 15) is 14.4 Å². The quantitative estimate of drug-likeness (QED) is 0.717. The maximum absolute atomic E-state index is 12.6. The summed E-state index contributed by atoms with van der Waals surface area (Å²) < 4.78 is 5.34. The Labute approximate surface area is 179 Å². The van der Waals surface area contributed by atoms with Gasteiger partial charge in [0, 0.05) is 4.90 Å². The first-order valence-electron chi connectivity index (χ1n) is 10.2. The fraction of sp³-hybridized carbons (Fsp3) is 0.348. The van der Waals surface area contributed by atoms with Gasteiger partial charge >= 0.3 is 5.97 Å². The molecule has 1 heterocycles. The third-order valence-electron chi connectivity index (χ3n) is 5.42. The van der Waals surface area contributed by atoms with E-state index in [4.69, 9.17) is 4.74 Å². The lowest BCUT2D eigenvalue weighted by Crippen LogP contribution is -2.40. The molecule has 1 aliphatic heterocycles. The van der Waals surface area contributed by atoms with Gasteiger partial charge in [-0.3, -0.25) is 14.4 Å². The Morgan fingerprint density at radius 2 is 1.97 bits per heavy atom. The highest BCUT2D eigenvalue weighted by Crippen LogP contribution is 2.36. The van der Waals surface area contributed by atoms with Crippen molar-refractivity contribution in [3.8, 4) is 0 Å². The summed E-state index contributed by atoms with van der Waals surface area (Å²) in [5.74, 6) is -1.11. The molecule has 2 aliphatic rings.